The second-order valence-corrected chi connectivity index (χ2v) is 6.35. The van der Waals surface area contributed by atoms with Crippen molar-refractivity contribution in [3.63, 3.8) is 0 Å². The van der Waals surface area contributed by atoms with E-state index in [1.807, 2.05) is 24.3 Å². The summed E-state index contributed by atoms with van der Waals surface area (Å²) in [6.45, 7) is 0.706. The molecule has 1 N–H and O–H groups in total. The van der Waals surface area contributed by atoms with Gasteiger partial charge >= 0.3 is 0 Å². The van der Waals surface area contributed by atoms with Crippen molar-refractivity contribution in [2.24, 2.45) is 5.92 Å². The van der Waals surface area contributed by atoms with Gasteiger partial charge in [0.25, 0.3) is 0 Å². The molecule has 4 nitrogen and oxygen atoms in total. The maximum absolute atomic E-state index is 12.1. The number of para-hydroxylation sites is 1. The molecule has 3 rings (SSSR count). The molecule has 1 aromatic heterocycles. The number of aromatic nitrogens is 1. The first-order chi connectivity index (χ1) is 10.2. The topological polar surface area (TPSA) is 55.1 Å². The van der Waals surface area contributed by atoms with Crippen molar-refractivity contribution in [3.05, 3.63) is 30.0 Å². The van der Waals surface area contributed by atoms with E-state index in [1.165, 1.54) is 0 Å². The largest absolute Gasteiger partial charge is 0.356 e. The average Bonchev–Trinajstić information content (AvgIpc) is 2.89. The van der Waals surface area contributed by atoms with Gasteiger partial charge in [-0.25, -0.2) is 0 Å². The highest BCUT2D eigenvalue weighted by Gasteiger charge is 2.21. The van der Waals surface area contributed by atoms with Gasteiger partial charge in [0.15, 0.2) is 5.58 Å². The van der Waals surface area contributed by atoms with Gasteiger partial charge in [-0.1, -0.05) is 23.7 Å². The summed E-state index contributed by atoms with van der Waals surface area (Å²) in [5.41, 5.74) is 1.42. The molecule has 0 spiro atoms. The van der Waals surface area contributed by atoms with Gasteiger partial charge in [-0.05, 0) is 37.3 Å². The normalized spacial score (nSPS) is 22.3. The van der Waals surface area contributed by atoms with Crippen molar-refractivity contribution in [3.8, 4) is 0 Å². The van der Waals surface area contributed by atoms with Crippen LogP contribution in [0.15, 0.2) is 28.8 Å². The Hall–Kier alpha value is -1.55. The molecule has 21 heavy (non-hydrogen) atoms. The summed E-state index contributed by atoms with van der Waals surface area (Å²) in [5, 5.41) is 8.15. The third-order valence-electron chi connectivity index (χ3n) is 4.09. The molecule has 2 aromatic rings. The number of nitrogens with one attached hydrogen (secondary N) is 1. The number of nitrogens with zero attached hydrogens (tertiary/aromatic N) is 1. The smallest absolute Gasteiger partial charge is 0.226 e. The van der Waals surface area contributed by atoms with E-state index in [0.717, 1.165) is 36.7 Å². The lowest BCUT2D eigenvalue weighted by atomic mass is 9.89. The summed E-state index contributed by atoms with van der Waals surface area (Å²) in [7, 11) is 0. The van der Waals surface area contributed by atoms with E-state index >= 15 is 0 Å². The molecule has 1 aliphatic rings. The standard InChI is InChI=1S/C16H19ClN2O2/c17-12-5-3-4-11(8-12)10-18-16(20)9-14-13-6-1-2-7-15(13)21-19-14/h1-2,6-7,11-12H,3-5,8-10H2,(H,18,20). The first-order valence-electron chi connectivity index (χ1n) is 7.46. The SMILES string of the molecule is O=C(Cc1noc2ccccc12)NCC1CCCC(Cl)C1. The number of carbonyl (C=O) groups excluding carboxylic acids is 1. The van der Waals surface area contributed by atoms with Gasteiger partial charge in [-0.15, -0.1) is 11.6 Å². The van der Waals surface area contributed by atoms with Crippen LogP contribution in [-0.2, 0) is 11.2 Å². The Kier molecular flexibility index (Phi) is 4.44. The van der Waals surface area contributed by atoms with Gasteiger partial charge in [0.2, 0.25) is 5.91 Å². The number of alkyl halides is 1. The van der Waals surface area contributed by atoms with Gasteiger partial charge in [-0.2, -0.15) is 0 Å². The van der Waals surface area contributed by atoms with Crippen molar-refractivity contribution in [2.75, 3.05) is 6.54 Å². The molecule has 1 saturated carbocycles. The monoisotopic (exact) mass is 306 g/mol. The number of hydrogen-bond acceptors (Lipinski definition) is 3. The summed E-state index contributed by atoms with van der Waals surface area (Å²) >= 11 is 6.17. The molecule has 1 amide bonds. The zero-order valence-electron chi connectivity index (χ0n) is 11.8. The molecule has 0 radical (unpaired) electrons. The minimum atomic E-state index is -0.00857. The predicted octanol–water partition coefficient (Wildman–Crippen LogP) is 3.28. The summed E-state index contributed by atoms with van der Waals surface area (Å²) in [5.74, 6) is 0.491. The molecular formula is C16H19ClN2O2. The lowest BCUT2D eigenvalue weighted by Crippen LogP contribution is -2.33. The fraction of sp³-hybridized carbons (Fsp3) is 0.500. The summed E-state index contributed by atoms with van der Waals surface area (Å²) in [6, 6.07) is 7.59. The van der Waals surface area contributed by atoms with Crippen molar-refractivity contribution >= 4 is 28.5 Å². The van der Waals surface area contributed by atoms with Crippen LogP contribution in [0, 0.1) is 5.92 Å². The van der Waals surface area contributed by atoms with Crippen LogP contribution in [0.1, 0.15) is 31.4 Å². The fourth-order valence-corrected chi connectivity index (χ4v) is 3.36. The molecular weight excluding hydrogens is 288 g/mol. The molecule has 1 aliphatic carbocycles. The number of carbonyl (C=O) groups is 1. The Morgan fingerprint density at radius 1 is 1.38 bits per heavy atom. The molecule has 112 valence electrons. The quantitative estimate of drug-likeness (QED) is 0.882. The van der Waals surface area contributed by atoms with E-state index < -0.39 is 0 Å². The Bertz CT molecular complexity index is 626. The Balaban J connectivity index is 1.54. The van der Waals surface area contributed by atoms with Crippen molar-refractivity contribution < 1.29 is 9.32 Å². The van der Waals surface area contributed by atoms with E-state index in [-0.39, 0.29) is 17.7 Å². The maximum Gasteiger partial charge on any atom is 0.226 e. The van der Waals surface area contributed by atoms with Crippen LogP contribution in [-0.4, -0.2) is 23.0 Å². The van der Waals surface area contributed by atoms with E-state index in [4.69, 9.17) is 16.1 Å². The number of fused-ring (bicyclic) bond motifs is 1. The van der Waals surface area contributed by atoms with Crippen LogP contribution in [0.2, 0.25) is 0 Å². The van der Waals surface area contributed by atoms with Gasteiger partial charge in [0.05, 0.1) is 6.42 Å². The minimum Gasteiger partial charge on any atom is -0.356 e. The van der Waals surface area contributed by atoms with Crippen molar-refractivity contribution in [1.29, 1.82) is 0 Å². The Morgan fingerprint density at radius 2 is 2.24 bits per heavy atom. The van der Waals surface area contributed by atoms with Crippen LogP contribution in [0.5, 0.6) is 0 Å². The minimum absolute atomic E-state index is 0.00857. The average molecular weight is 307 g/mol. The lowest BCUT2D eigenvalue weighted by molar-refractivity contribution is -0.120. The molecule has 0 saturated heterocycles. The molecule has 0 bridgehead atoms. The molecule has 1 heterocycles. The zero-order valence-corrected chi connectivity index (χ0v) is 12.6. The highest BCUT2D eigenvalue weighted by molar-refractivity contribution is 6.20. The molecule has 1 fully saturated rings. The molecule has 5 heteroatoms. The summed E-state index contributed by atoms with van der Waals surface area (Å²) in [6.07, 6.45) is 4.65. The highest BCUT2D eigenvalue weighted by atomic mass is 35.5. The van der Waals surface area contributed by atoms with Gasteiger partial charge in [0.1, 0.15) is 5.69 Å². The number of rotatable bonds is 4. The zero-order chi connectivity index (χ0) is 14.7. The lowest BCUT2D eigenvalue weighted by Gasteiger charge is -2.25. The van der Waals surface area contributed by atoms with Crippen LogP contribution >= 0.6 is 11.6 Å². The second-order valence-electron chi connectivity index (χ2n) is 5.74. The van der Waals surface area contributed by atoms with Crippen LogP contribution in [0.4, 0.5) is 0 Å². The van der Waals surface area contributed by atoms with Crippen LogP contribution < -0.4 is 5.32 Å². The number of hydrogen-bond donors (Lipinski definition) is 1. The van der Waals surface area contributed by atoms with Gasteiger partial charge < -0.3 is 9.84 Å². The van der Waals surface area contributed by atoms with E-state index in [1.54, 1.807) is 0 Å². The molecule has 1 aromatic carbocycles. The van der Waals surface area contributed by atoms with Crippen molar-refractivity contribution in [1.82, 2.24) is 10.5 Å². The van der Waals surface area contributed by atoms with Gasteiger partial charge in [0, 0.05) is 17.3 Å². The number of amides is 1. The van der Waals surface area contributed by atoms with Gasteiger partial charge in [-0.3, -0.25) is 4.79 Å². The second kappa shape index (κ2) is 6.48. The summed E-state index contributed by atoms with van der Waals surface area (Å²) in [4.78, 5) is 12.1. The molecule has 2 atom stereocenters. The third kappa shape index (κ3) is 3.56. The Labute approximate surface area is 128 Å². The number of halogens is 1. The third-order valence-corrected chi connectivity index (χ3v) is 4.48. The van der Waals surface area contributed by atoms with Crippen LogP contribution in [0.3, 0.4) is 0 Å². The molecule has 0 aliphatic heterocycles. The van der Waals surface area contributed by atoms with Crippen LogP contribution in [0.25, 0.3) is 11.0 Å². The van der Waals surface area contributed by atoms with E-state index in [0.29, 0.717) is 18.2 Å². The first-order valence-corrected chi connectivity index (χ1v) is 7.90. The first kappa shape index (κ1) is 14.4. The van der Waals surface area contributed by atoms with E-state index in [9.17, 15) is 4.79 Å². The molecule has 2 unspecified atom stereocenters. The fourth-order valence-electron chi connectivity index (χ4n) is 2.95. The number of benzene rings is 1. The highest BCUT2D eigenvalue weighted by Crippen LogP contribution is 2.27. The van der Waals surface area contributed by atoms with E-state index in [2.05, 4.69) is 10.5 Å². The Morgan fingerprint density at radius 3 is 3.10 bits per heavy atom. The summed E-state index contributed by atoms with van der Waals surface area (Å²) < 4.78 is 5.21. The predicted molar refractivity (Wildman–Crippen MR) is 82.3 cm³/mol. The maximum atomic E-state index is 12.1. The van der Waals surface area contributed by atoms with Crippen molar-refractivity contribution in [2.45, 2.75) is 37.5 Å².